The fourth-order valence-corrected chi connectivity index (χ4v) is 3.44. The van der Waals surface area contributed by atoms with Gasteiger partial charge in [0.25, 0.3) is 0 Å². The lowest BCUT2D eigenvalue weighted by molar-refractivity contribution is -0.121. The number of carbonyl (C=O) groups is 1. The van der Waals surface area contributed by atoms with Gasteiger partial charge in [-0.15, -0.1) is 0 Å². The molecule has 1 aromatic carbocycles. The molecule has 0 fully saturated rings. The van der Waals surface area contributed by atoms with Gasteiger partial charge in [-0.2, -0.15) is 10.4 Å². The van der Waals surface area contributed by atoms with Crippen LogP contribution < -0.4 is 5.32 Å². The number of hydrogen-bond acceptors (Lipinski definition) is 6. The summed E-state index contributed by atoms with van der Waals surface area (Å²) in [7, 11) is 0. The van der Waals surface area contributed by atoms with E-state index in [1.54, 1.807) is 10.6 Å². The van der Waals surface area contributed by atoms with Crippen molar-refractivity contribution in [1.82, 2.24) is 19.9 Å². The summed E-state index contributed by atoms with van der Waals surface area (Å²) in [6.45, 7) is 5.66. The third kappa shape index (κ3) is 4.29. The Hall–Kier alpha value is -3.60. The molecule has 150 valence electrons. The monoisotopic (exact) mass is 393 g/mol. The smallest absolute Gasteiger partial charge is 0.220 e. The highest BCUT2D eigenvalue weighted by molar-refractivity contribution is 5.76. The van der Waals surface area contributed by atoms with Crippen LogP contribution in [0.5, 0.6) is 11.5 Å². The average molecular weight is 393 g/mol. The van der Waals surface area contributed by atoms with E-state index in [0.717, 1.165) is 22.5 Å². The Morgan fingerprint density at radius 1 is 1.31 bits per heavy atom. The molecule has 8 heteroatoms. The molecule has 8 nitrogen and oxygen atoms in total. The second-order valence-electron chi connectivity index (χ2n) is 7.16. The summed E-state index contributed by atoms with van der Waals surface area (Å²) in [5.74, 6) is -0.425. The van der Waals surface area contributed by atoms with Crippen LogP contribution in [0.15, 0.2) is 24.4 Å². The van der Waals surface area contributed by atoms with E-state index in [1.807, 2.05) is 20.8 Å². The lowest BCUT2D eigenvalue weighted by Crippen LogP contribution is -2.34. The highest BCUT2D eigenvalue weighted by Gasteiger charge is 2.16. The number of carbonyl (C=O) groups excluding carboxylic acids is 1. The Kier molecular flexibility index (Phi) is 5.69. The van der Waals surface area contributed by atoms with Crippen molar-refractivity contribution in [2.45, 2.75) is 46.1 Å². The molecule has 0 spiro atoms. The van der Waals surface area contributed by atoms with Gasteiger partial charge in [-0.3, -0.25) is 4.79 Å². The molecule has 3 rings (SSSR count). The molecule has 0 aliphatic rings. The molecule has 0 aliphatic carbocycles. The van der Waals surface area contributed by atoms with Gasteiger partial charge < -0.3 is 15.5 Å². The molecule has 0 radical (unpaired) electrons. The van der Waals surface area contributed by atoms with E-state index >= 15 is 0 Å². The minimum atomic E-state index is -0.173. The van der Waals surface area contributed by atoms with Crippen molar-refractivity contribution in [3.8, 4) is 17.6 Å². The molecule has 2 aromatic heterocycles. The van der Waals surface area contributed by atoms with Crippen molar-refractivity contribution in [2.75, 3.05) is 0 Å². The molecule has 1 unspecified atom stereocenters. The van der Waals surface area contributed by atoms with Crippen molar-refractivity contribution in [3.63, 3.8) is 0 Å². The maximum atomic E-state index is 12.4. The van der Waals surface area contributed by atoms with Crippen LogP contribution in [0.4, 0.5) is 0 Å². The van der Waals surface area contributed by atoms with Crippen LogP contribution in [0, 0.1) is 25.2 Å². The Bertz CT molecular complexity index is 1110. The lowest BCUT2D eigenvalue weighted by Gasteiger charge is -2.15. The summed E-state index contributed by atoms with van der Waals surface area (Å²) in [5, 5.41) is 35.3. The van der Waals surface area contributed by atoms with Gasteiger partial charge in [0.1, 0.15) is 11.6 Å². The number of hydrogen-bond donors (Lipinski definition) is 3. The molecular weight excluding hydrogens is 370 g/mol. The van der Waals surface area contributed by atoms with Gasteiger partial charge in [-0.1, -0.05) is 6.07 Å². The first-order valence-electron chi connectivity index (χ1n) is 9.34. The number of amides is 1. The maximum Gasteiger partial charge on any atom is 0.220 e. The topological polar surface area (TPSA) is 124 Å². The van der Waals surface area contributed by atoms with Crippen molar-refractivity contribution >= 4 is 11.6 Å². The van der Waals surface area contributed by atoms with Crippen LogP contribution in [0.25, 0.3) is 5.65 Å². The van der Waals surface area contributed by atoms with Gasteiger partial charge in [0.2, 0.25) is 5.91 Å². The number of aromatic hydroxyl groups is 2. The Morgan fingerprint density at radius 3 is 2.76 bits per heavy atom. The van der Waals surface area contributed by atoms with Crippen LogP contribution >= 0.6 is 0 Å². The SMILES string of the molecule is Cc1nc2c(C#N)cnn2c(C)c1CCC(=O)NC(C)Cc1ccc(O)c(O)c1. The van der Waals surface area contributed by atoms with Gasteiger partial charge in [-0.05, 0) is 56.9 Å². The zero-order valence-corrected chi connectivity index (χ0v) is 16.6. The predicted molar refractivity (Wildman–Crippen MR) is 107 cm³/mol. The van der Waals surface area contributed by atoms with Gasteiger partial charge in [0, 0.05) is 23.9 Å². The number of nitrogens with zero attached hydrogens (tertiary/aromatic N) is 4. The van der Waals surface area contributed by atoms with E-state index in [1.165, 1.54) is 18.3 Å². The van der Waals surface area contributed by atoms with E-state index < -0.39 is 0 Å². The lowest BCUT2D eigenvalue weighted by atomic mass is 10.0. The van der Waals surface area contributed by atoms with E-state index in [9.17, 15) is 15.0 Å². The summed E-state index contributed by atoms with van der Waals surface area (Å²) in [6, 6.07) is 6.59. The molecular formula is C21H23N5O3. The number of phenols is 2. The molecule has 1 amide bonds. The molecule has 0 saturated carbocycles. The number of benzene rings is 1. The predicted octanol–water partition coefficient (Wildman–Crippen LogP) is 2.31. The molecule has 1 atom stereocenters. The number of nitrogens with one attached hydrogen (secondary N) is 1. The average Bonchev–Trinajstić information content (AvgIpc) is 3.07. The van der Waals surface area contributed by atoms with E-state index in [4.69, 9.17) is 5.26 Å². The van der Waals surface area contributed by atoms with Crippen LogP contribution in [-0.2, 0) is 17.6 Å². The van der Waals surface area contributed by atoms with Gasteiger partial charge in [0.05, 0.1) is 6.20 Å². The number of rotatable bonds is 6. The third-order valence-electron chi connectivity index (χ3n) is 4.92. The van der Waals surface area contributed by atoms with Gasteiger partial charge in [0.15, 0.2) is 17.1 Å². The number of aryl methyl sites for hydroxylation is 2. The Labute approximate surface area is 168 Å². The number of fused-ring (bicyclic) bond motifs is 1. The molecule has 29 heavy (non-hydrogen) atoms. The first kappa shape index (κ1) is 20.1. The molecule has 2 heterocycles. The summed E-state index contributed by atoms with van der Waals surface area (Å²) in [5.41, 5.74) is 4.37. The van der Waals surface area contributed by atoms with Crippen molar-refractivity contribution < 1.29 is 15.0 Å². The highest BCUT2D eigenvalue weighted by atomic mass is 16.3. The summed E-state index contributed by atoms with van der Waals surface area (Å²) in [6.07, 6.45) is 2.84. The van der Waals surface area contributed by atoms with E-state index in [0.29, 0.717) is 30.5 Å². The Morgan fingerprint density at radius 2 is 2.07 bits per heavy atom. The second-order valence-corrected chi connectivity index (χ2v) is 7.16. The number of aromatic nitrogens is 3. The second kappa shape index (κ2) is 8.19. The third-order valence-corrected chi connectivity index (χ3v) is 4.92. The molecule has 0 aliphatic heterocycles. The summed E-state index contributed by atoms with van der Waals surface area (Å²) < 4.78 is 1.64. The van der Waals surface area contributed by atoms with Crippen molar-refractivity contribution in [3.05, 3.63) is 52.5 Å². The van der Waals surface area contributed by atoms with Crippen LogP contribution in [0.3, 0.4) is 0 Å². The van der Waals surface area contributed by atoms with Crippen molar-refractivity contribution in [1.29, 1.82) is 5.26 Å². The Balaban J connectivity index is 1.63. The van der Waals surface area contributed by atoms with E-state index in [-0.39, 0.29) is 23.4 Å². The number of nitriles is 1. The highest BCUT2D eigenvalue weighted by Crippen LogP contribution is 2.25. The standard InChI is InChI=1S/C21H23N5O3/c1-12(8-15-4-6-18(27)19(28)9-15)24-20(29)7-5-17-13(2)25-21-16(10-22)11-23-26(21)14(17)3/h4,6,9,11-12,27-28H,5,7-8H2,1-3H3,(H,24,29). The molecule has 3 aromatic rings. The minimum Gasteiger partial charge on any atom is -0.504 e. The van der Waals surface area contributed by atoms with Gasteiger partial charge in [-0.25, -0.2) is 9.50 Å². The quantitative estimate of drug-likeness (QED) is 0.552. The largest absolute Gasteiger partial charge is 0.504 e. The molecule has 0 saturated heterocycles. The number of phenolic OH excluding ortho intramolecular Hbond substituents is 2. The van der Waals surface area contributed by atoms with Gasteiger partial charge >= 0.3 is 0 Å². The normalized spacial score (nSPS) is 11.9. The summed E-state index contributed by atoms with van der Waals surface area (Å²) >= 11 is 0. The van der Waals surface area contributed by atoms with E-state index in [2.05, 4.69) is 21.5 Å². The summed E-state index contributed by atoms with van der Waals surface area (Å²) in [4.78, 5) is 16.9. The van der Waals surface area contributed by atoms with Crippen LogP contribution in [-0.4, -0.2) is 36.8 Å². The first-order valence-corrected chi connectivity index (χ1v) is 9.34. The van der Waals surface area contributed by atoms with Crippen molar-refractivity contribution in [2.24, 2.45) is 0 Å². The molecule has 3 N–H and O–H groups in total. The maximum absolute atomic E-state index is 12.4. The first-order chi connectivity index (χ1) is 13.8. The fraction of sp³-hybridized carbons (Fsp3) is 0.333. The van der Waals surface area contributed by atoms with Crippen LogP contribution in [0.1, 0.15) is 41.4 Å². The zero-order valence-electron chi connectivity index (χ0n) is 16.6. The van der Waals surface area contributed by atoms with Crippen LogP contribution in [0.2, 0.25) is 0 Å². The minimum absolute atomic E-state index is 0.0856. The zero-order chi connectivity index (χ0) is 21.1. The molecule has 0 bridgehead atoms. The fourth-order valence-electron chi connectivity index (χ4n) is 3.44.